The quantitative estimate of drug-likeness (QED) is 0.336. The second-order valence-corrected chi connectivity index (χ2v) is 8.12. The molecular formula is C27H24N6O2. The zero-order valence-corrected chi connectivity index (χ0v) is 19.7. The smallest absolute Gasteiger partial charge is 0.343 e. The van der Waals surface area contributed by atoms with E-state index in [1.165, 1.54) is 6.20 Å². The third kappa shape index (κ3) is 4.59. The molecule has 3 heterocycles. The van der Waals surface area contributed by atoms with Crippen LogP contribution in [0.25, 0.3) is 28.1 Å². The van der Waals surface area contributed by atoms with Crippen LogP contribution < -0.4 is 5.32 Å². The summed E-state index contributed by atoms with van der Waals surface area (Å²) in [6.45, 7) is 5.91. The van der Waals surface area contributed by atoms with E-state index in [1.807, 2.05) is 80.6 Å². The summed E-state index contributed by atoms with van der Waals surface area (Å²) in [5.74, 6) is 1.58. The van der Waals surface area contributed by atoms with Crippen LogP contribution in [0.1, 0.15) is 28.5 Å². The van der Waals surface area contributed by atoms with Crippen LogP contribution in [0.3, 0.4) is 0 Å². The number of carbonyl (C=O) groups excluding carboxylic acids is 1. The molecule has 0 radical (unpaired) electrons. The number of carbonyl (C=O) groups is 1. The van der Waals surface area contributed by atoms with Gasteiger partial charge in [-0.3, -0.25) is 0 Å². The highest BCUT2D eigenvalue weighted by Crippen LogP contribution is 2.26. The summed E-state index contributed by atoms with van der Waals surface area (Å²) in [6, 6.07) is 21.6. The lowest BCUT2D eigenvalue weighted by Crippen LogP contribution is -2.12. The Hall–Kier alpha value is -4.59. The number of aryl methyl sites for hydroxylation is 2. The molecule has 8 heteroatoms. The van der Waals surface area contributed by atoms with Gasteiger partial charge in [0.1, 0.15) is 17.2 Å². The average Bonchev–Trinajstić information content (AvgIpc) is 3.23. The Labute approximate surface area is 202 Å². The summed E-state index contributed by atoms with van der Waals surface area (Å²) in [4.78, 5) is 26.6. The molecule has 3 aromatic heterocycles. The van der Waals surface area contributed by atoms with Crippen LogP contribution in [0.15, 0.2) is 72.9 Å². The van der Waals surface area contributed by atoms with Gasteiger partial charge in [-0.25, -0.2) is 19.7 Å². The van der Waals surface area contributed by atoms with Gasteiger partial charge in [0.15, 0.2) is 11.6 Å². The van der Waals surface area contributed by atoms with Gasteiger partial charge in [0.05, 0.1) is 17.8 Å². The van der Waals surface area contributed by atoms with Crippen LogP contribution in [0.4, 0.5) is 11.6 Å². The van der Waals surface area contributed by atoms with Gasteiger partial charge in [-0.2, -0.15) is 9.78 Å². The number of benzene rings is 2. The third-order valence-corrected chi connectivity index (χ3v) is 5.44. The van der Waals surface area contributed by atoms with Crippen molar-refractivity contribution >= 4 is 28.5 Å². The first-order chi connectivity index (χ1) is 17.0. The number of aromatic nitrogens is 5. The van der Waals surface area contributed by atoms with Crippen molar-refractivity contribution in [2.75, 3.05) is 11.9 Å². The number of hydrogen-bond acceptors (Lipinski definition) is 7. The number of ether oxygens (including phenoxy) is 1. The first-order valence-corrected chi connectivity index (χ1v) is 11.3. The zero-order valence-electron chi connectivity index (χ0n) is 19.7. The topological polar surface area (TPSA) is 94.8 Å². The van der Waals surface area contributed by atoms with Crippen LogP contribution in [0.2, 0.25) is 0 Å². The molecule has 0 saturated heterocycles. The molecule has 0 aliphatic carbocycles. The van der Waals surface area contributed by atoms with Crippen molar-refractivity contribution in [3.8, 4) is 17.2 Å². The molecule has 2 aromatic carbocycles. The number of nitrogens with zero attached hydrogens (tertiary/aromatic N) is 5. The van der Waals surface area contributed by atoms with Crippen molar-refractivity contribution in [2.45, 2.75) is 20.8 Å². The SMILES string of the molecule is CCOC(=O)c1cnc(-c2cccc(C)c2)nc1Nc1cc(C)nn1-c1ccc2ccccc2n1. The predicted molar refractivity (Wildman–Crippen MR) is 135 cm³/mol. The lowest BCUT2D eigenvalue weighted by molar-refractivity contribution is 0.0526. The van der Waals surface area contributed by atoms with Crippen LogP contribution in [0.5, 0.6) is 0 Å². The Morgan fingerprint density at radius 2 is 1.86 bits per heavy atom. The molecule has 0 unspecified atom stereocenters. The van der Waals surface area contributed by atoms with Gasteiger partial charge in [0.25, 0.3) is 0 Å². The largest absolute Gasteiger partial charge is 0.462 e. The van der Waals surface area contributed by atoms with E-state index in [-0.39, 0.29) is 12.2 Å². The molecule has 8 nitrogen and oxygen atoms in total. The molecule has 0 saturated carbocycles. The average molecular weight is 465 g/mol. The van der Waals surface area contributed by atoms with Crippen molar-refractivity contribution in [3.05, 3.63) is 89.7 Å². The van der Waals surface area contributed by atoms with Gasteiger partial charge >= 0.3 is 5.97 Å². The van der Waals surface area contributed by atoms with Gasteiger partial charge in [-0.05, 0) is 45.0 Å². The maximum absolute atomic E-state index is 12.7. The van der Waals surface area contributed by atoms with E-state index >= 15 is 0 Å². The Bertz CT molecular complexity index is 1540. The lowest BCUT2D eigenvalue weighted by atomic mass is 10.1. The predicted octanol–water partition coefficient (Wildman–Crippen LogP) is 5.41. The number of fused-ring (bicyclic) bond motifs is 1. The summed E-state index contributed by atoms with van der Waals surface area (Å²) >= 11 is 0. The molecule has 0 bridgehead atoms. The van der Waals surface area contributed by atoms with Crippen molar-refractivity contribution < 1.29 is 9.53 Å². The molecule has 174 valence electrons. The molecule has 5 aromatic rings. The fourth-order valence-electron chi connectivity index (χ4n) is 3.82. The Kier molecular flexibility index (Phi) is 5.93. The highest BCUT2D eigenvalue weighted by molar-refractivity contribution is 5.95. The monoisotopic (exact) mass is 464 g/mol. The van der Waals surface area contributed by atoms with Crippen LogP contribution in [-0.2, 0) is 4.74 Å². The summed E-state index contributed by atoms with van der Waals surface area (Å²) in [7, 11) is 0. The molecule has 1 N–H and O–H groups in total. The number of anilines is 2. The maximum Gasteiger partial charge on any atom is 0.343 e. The Morgan fingerprint density at radius 3 is 2.69 bits per heavy atom. The van der Waals surface area contributed by atoms with Crippen molar-refractivity contribution in [2.24, 2.45) is 0 Å². The van der Waals surface area contributed by atoms with Crippen molar-refractivity contribution in [3.63, 3.8) is 0 Å². The van der Waals surface area contributed by atoms with Crippen LogP contribution >= 0.6 is 0 Å². The van der Waals surface area contributed by atoms with E-state index in [2.05, 4.69) is 15.4 Å². The Morgan fingerprint density at radius 1 is 1.00 bits per heavy atom. The number of para-hydroxylation sites is 1. The zero-order chi connectivity index (χ0) is 24.4. The molecule has 0 aliphatic rings. The van der Waals surface area contributed by atoms with E-state index in [0.717, 1.165) is 27.7 Å². The normalized spacial score (nSPS) is 10.9. The summed E-state index contributed by atoms with van der Waals surface area (Å²) in [5.41, 5.74) is 3.82. The van der Waals surface area contributed by atoms with Crippen LogP contribution in [-0.4, -0.2) is 37.3 Å². The van der Waals surface area contributed by atoms with Crippen LogP contribution in [0, 0.1) is 13.8 Å². The number of esters is 1. The molecule has 0 atom stereocenters. The number of hydrogen-bond donors (Lipinski definition) is 1. The minimum absolute atomic E-state index is 0.236. The second-order valence-electron chi connectivity index (χ2n) is 8.12. The van der Waals surface area contributed by atoms with Gasteiger partial charge in [-0.15, -0.1) is 0 Å². The Balaban J connectivity index is 1.59. The lowest BCUT2D eigenvalue weighted by Gasteiger charge is -2.13. The van der Waals surface area contributed by atoms with E-state index in [9.17, 15) is 4.79 Å². The van der Waals surface area contributed by atoms with E-state index in [4.69, 9.17) is 14.7 Å². The fourth-order valence-corrected chi connectivity index (χ4v) is 3.82. The second kappa shape index (κ2) is 9.34. The number of rotatable bonds is 6. The van der Waals surface area contributed by atoms with E-state index in [0.29, 0.717) is 23.3 Å². The molecular weight excluding hydrogens is 440 g/mol. The van der Waals surface area contributed by atoms with Gasteiger partial charge in [0.2, 0.25) is 0 Å². The van der Waals surface area contributed by atoms with Gasteiger partial charge in [-0.1, -0.05) is 42.0 Å². The molecule has 0 aliphatic heterocycles. The van der Waals surface area contributed by atoms with E-state index in [1.54, 1.807) is 11.6 Å². The molecule has 35 heavy (non-hydrogen) atoms. The van der Waals surface area contributed by atoms with Crippen molar-refractivity contribution in [1.29, 1.82) is 0 Å². The fraction of sp³-hybridized carbons (Fsp3) is 0.148. The minimum Gasteiger partial charge on any atom is -0.462 e. The molecule has 5 rings (SSSR count). The van der Waals surface area contributed by atoms with E-state index < -0.39 is 5.97 Å². The summed E-state index contributed by atoms with van der Waals surface area (Å²) in [6.07, 6.45) is 1.49. The minimum atomic E-state index is -0.502. The molecule has 0 fully saturated rings. The summed E-state index contributed by atoms with van der Waals surface area (Å²) in [5, 5.41) is 8.94. The van der Waals surface area contributed by atoms with Crippen molar-refractivity contribution in [1.82, 2.24) is 24.7 Å². The highest BCUT2D eigenvalue weighted by atomic mass is 16.5. The molecule has 0 amide bonds. The standard InChI is InChI=1S/C27H24N6O2/c1-4-35-27(34)21-16-28-25(20-10-7-8-17(2)14-20)31-26(21)30-24-15-18(3)32-33(24)23-13-12-19-9-5-6-11-22(19)29-23/h5-16H,4H2,1-3H3,(H,28,30,31). The first-order valence-electron chi connectivity index (χ1n) is 11.3. The number of pyridine rings is 1. The molecule has 0 spiro atoms. The summed E-state index contributed by atoms with van der Waals surface area (Å²) < 4.78 is 6.95. The van der Waals surface area contributed by atoms with Gasteiger partial charge < -0.3 is 10.1 Å². The highest BCUT2D eigenvalue weighted by Gasteiger charge is 2.19. The maximum atomic E-state index is 12.7. The van der Waals surface area contributed by atoms with Gasteiger partial charge in [0, 0.05) is 23.2 Å². The third-order valence-electron chi connectivity index (χ3n) is 5.44. The first kappa shape index (κ1) is 22.2. The number of nitrogens with one attached hydrogen (secondary N) is 1.